The molecule has 0 spiro atoms. The predicted molar refractivity (Wildman–Crippen MR) is 169 cm³/mol. The highest BCUT2D eigenvalue weighted by molar-refractivity contribution is 6.05. The highest BCUT2D eigenvalue weighted by Gasteiger charge is 2.23. The molecule has 0 aliphatic carbocycles. The monoisotopic (exact) mass is 597 g/mol. The van der Waals surface area contributed by atoms with Crippen molar-refractivity contribution in [2.75, 3.05) is 10.6 Å². The van der Waals surface area contributed by atoms with E-state index in [0.29, 0.717) is 33.7 Å². The van der Waals surface area contributed by atoms with E-state index in [2.05, 4.69) is 48.8 Å². The van der Waals surface area contributed by atoms with E-state index in [1.807, 2.05) is 42.0 Å². The van der Waals surface area contributed by atoms with E-state index in [1.165, 1.54) is 12.1 Å². The lowest BCUT2D eigenvalue weighted by atomic mass is 9.84. The number of benzene rings is 2. The van der Waals surface area contributed by atoms with Crippen molar-refractivity contribution in [2.45, 2.75) is 26.2 Å². The SMILES string of the molecule is Cc1cc(F)c(C(=O)Nc2cc(-c3cnn(C)c3)cc(C(C)(C)C#N)c2)cc1C#Cc1cnc2c(Nc3cn[nH]c3)cccn12. The van der Waals surface area contributed by atoms with Crippen LogP contribution in [0.2, 0.25) is 0 Å². The topological polar surface area (TPSA) is 129 Å². The van der Waals surface area contributed by atoms with Gasteiger partial charge in [-0.1, -0.05) is 5.92 Å². The number of pyridine rings is 1. The zero-order valence-corrected chi connectivity index (χ0v) is 25.0. The number of nitrogens with zero attached hydrogens (tertiary/aromatic N) is 6. The number of carbonyl (C=O) groups excluding carboxylic acids is 1. The molecule has 45 heavy (non-hydrogen) atoms. The fraction of sp³-hybridized carbons (Fsp3) is 0.147. The summed E-state index contributed by atoms with van der Waals surface area (Å²) in [7, 11) is 1.81. The van der Waals surface area contributed by atoms with Crippen LogP contribution in [0.15, 0.2) is 79.6 Å². The smallest absolute Gasteiger partial charge is 0.258 e. The number of nitriles is 1. The first-order valence-electron chi connectivity index (χ1n) is 14.0. The van der Waals surface area contributed by atoms with E-state index in [0.717, 1.165) is 22.5 Å². The van der Waals surface area contributed by atoms with Gasteiger partial charge >= 0.3 is 0 Å². The first-order valence-corrected chi connectivity index (χ1v) is 14.0. The first-order chi connectivity index (χ1) is 21.6. The van der Waals surface area contributed by atoms with Gasteiger partial charge in [0.25, 0.3) is 5.91 Å². The molecule has 6 rings (SSSR count). The van der Waals surface area contributed by atoms with Gasteiger partial charge in [0.1, 0.15) is 11.5 Å². The Kier molecular flexibility index (Phi) is 7.37. The minimum atomic E-state index is -0.830. The van der Waals surface area contributed by atoms with E-state index in [9.17, 15) is 10.1 Å². The van der Waals surface area contributed by atoms with Crippen LogP contribution in [0.3, 0.4) is 0 Å². The summed E-state index contributed by atoms with van der Waals surface area (Å²) in [6.45, 7) is 5.34. The second-order valence-corrected chi connectivity index (χ2v) is 11.2. The zero-order chi connectivity index (χ0) is 31.7. The number of aromatic nitrogens is 6. The molecular weight excluding hydrogens is 569 g/mol. The lowest BCUT2D eigenvalue weighted by Gasteiger charge is -2.19. The number of H-pyrrole nitrogens is 1. The van der Waals surface area contributed by atoms with Crippen molar-refractivity contribution < 1.29 is 9.18 Å². The van der Waals surface area contributed by atoms with Crippen LogP contribution in [0.4, 0.5) is 21.5 Å². The molecule has 0 fully saturated rings. The summed E-state index contributed by atoms with van der Waals surface area (Å²) in [5, 5.41) is 26.8. The average Bonchev–Trinajstić information content (AvgIpc) is 3.79. The third-order valence-corrected chi connectivity index (χ3v) is 7.43. The van der Waals surface area contributed by atoms with Crippen LogP contribution >= 0.6 is 0 Å². The van der Waals surface area contributed by atoms with Crippen molar-refractivity contribution in [1.82, 2.24) is 29.4 Å². The summed E-state index contributed by atoms with van der Waals surface area (Å²) in [6, 6.07) is 14.2. The molecule has 222 valence electrons. The molecule has 0 atom stereocenters. The van der Waals surface area contributed by atoms with Gasteiger partial charge in [-0.15, -0.1) is 0 Å². The molecule has 0 aliphatic heterocycles. The Morgan fingerprint density at radius 1 is 1.07 bits per heavy atom. The molecule has 0 unspecified atom stereocenters. The van der Waals surface area contributed by atoms with Crippen molar-refractivity contribution in [3.8, 4) is 29.0 Å². The lowest BCUT2D eigenvalue weighted by molar-refractivity contribution is 0.102. The Morgan fingerprint density at radius 3 is 2.64 bits per heavy atom. The minimum Gasteiger partial charge on any atom is -0.350 e. The second-order valence-electron chi connectivity index (χ2n) is 11.2. The summed E-state index contributed by atoms with van der Waals surface area (Å²) in [4.78, 5) is 18.0. The lowest BCUT2D eigenvalue weighted by Crippen LogP contribution is -2.17. The van der Waals surface area contributed by atoms with Crippen LogP contribution in [0.5, 0.6) is 0 Å². The Labute approximate surface area is 258 Å². The Bertz CT molecular complexity index is 2170. The summed E-state index contributed by atoms with van der Waals surface area (Å²) in [6.07, 6.45) is 10.5. The van der Waals surface area contributed by atoms with Gasteiger partial charge in [-0.05, 0) is 85.8 Å². The maximum Gasteiger partial charge on any atom is 0.258 e. The molecule has 4 heterocycles. The Balaban J connectivity index is 1.31. The van der Waals surface area contributed by atoms with Gasteiger partial charge in [-0.3, -0.25) is 19.0 Å². The number of rotatable bonds is 6. The van der Waals surface area contributed by atoms with Gasteiger partial charge < -0.3 is 10.6 Å². The highest BCUT2D eigenvalue weighted by atomic mass is 19.1. The molecule has 4 aromatic heterocycles. The third-order valence-electron chi connectivity index (χ3n) is 7.43. The van der Waals surface area contributed by atoms with Crippen LogP contribution < -0.4 is 10.6 Å². The predicted octanol–water partition coefficient (Wildman–Crippen LogP) is 6.10. The van der Waals surface area contributed by atoms with Crippen LogP contribution in [0, 0.1) is 35.9 Å². The first kappa shape index (κ1) is 28.9. The van der Waals surface area contributed by atoms with Crippen molar-refractivity contribution in [3.63, 3.8) is 0 Å². The second kappa shape index (κ2) is 11.5. The summed E-state index contributed by atoms with van der Waals surface area (Å²) in [5.74, 6) is 4.91. The van der Waals surface area contributed by atoms with Crippen LogP contribution in [-0.2, 0) is 12.5 Å². The molecule has 0 aliphatic rings. The van der Waals surface area contributed by atoms with E-state index < -0.39 is 17.1 Å². The quantitative estimate of drug-likeness (QED) is 0.199. The molecule has 0 bridgehead atoms. The maximum absolute atomic E-state index is 15.2. The zero-order valence-electron chi connectivity index (χ0n) is 25.0. The fourth-order valence-corrected chi connectivity index (χ4v) is 4.85. The van der Waals surface area contributed by atoms with E-state index in [4.69, 9.17) is 0 Å². The normalized spacial score (nSPS) is 11.1. The molecule has 6 aromatic rings. The largest absolute Gasteiger partial charge is 0.350 e. The van der Waals surface area contributed by atoms with Gasteiger partial charge in [0.2, 0.25) is 0 Å². The number of aryl methyl sites for hydroxylation is 2. The fourth-order valence-electron chi connectivity index (χ4n) is 4.85. The number of imidazole rings is 1. The van der Waals surface area contributed by atoms with Crippen LogP contribution in [0.1, 0.15) is 46.6 Å². The highest BCUT2D eigenvalue weighted by Crippen LogP contribution is 2.32. The summed E-state index contributed by atoms with van der Waals surface area (Å²) < 4.78 is 18.7. The number of amides is 1. The number of hydrogen-bond acceptors (Lipinski definition) is 6. The van der Waals surface area contributed by atoms with Crippen LogP contribution in [-0.4, -0.2) is 35.3 Å². The number of anilines is 3. The Hall–Kier alpha value is -6.20. The molecule has 3 N–H and O–H groups in total. The van der Waals surface area contributed by atoms with Crippen molar-refractivity contribution in [2.24, 2.45) is 7.05 Å². The molecule has 0 saturated carbocycles. The molecule has 1 amide bonds. The molecule has 2 aromatic carbocycles. The van der Waals surface area contributed by atoms with E-state index in [1.54, 1.807) is 62.4 Å². The van der Waals surface area contributed by atoms with E-state index in [-0.39, 0.29) is 5.56 Å². The van der Waals surface area contributed by atoms with Gasteiger partial charge in [-0.2, -0.15) is 15.5 Å². The number of hydrogen-bond donors (Lipinski definition) is 3. The molecule has 0 radical (unpaired) electrons. The third kappa shape index (κ3) is 5.88. The van der Waals surface area contributed by atoms with Crippen molar-refractivity contribution in [3.05, 3.63) is 113 Å². The molecular formula is C34H28FN9O. The van der Waals surface area contributed by atoms with Crippen molar-refractivity contribution >= 4 is 28.6 Å². The summed E-state index contributed by atoms with van der Waals surface area (Å²) >= 11 is 0. The number of fused-ring (bicyclic) bond motifs is 1. The number of halogens is 1. The molecule has 11 heteroatoms. The Morgan fingerprint density at radius 2 is 1.91 bits per heavy atom. The number of carbonyl (C=O) groups is 1. The van der Waals surface area contributed by atoms with Gasteiger partial charge in [0, 0.05) is 42.5 Å². The van der Waals surface area contributed by atoms with Crippen molar-refractivity contribution in [1.29, 1.82) is 5.26 Å². The molecule has 0 saturated heterocycles. The minimum absolute atomic E-state index is 0.150. The number of nitrogens with one attached hydrogen (secondary N) is 3. The van der Waals surface area contributed by atoms with Crippen LogP contribution in [0.25, 0.3) is 16.8 Å². The van der Waals surface area contributed by atoms with Gasteiger partial charge in [0.15, 0.2) is 5.65 Å². The average molecular weight is 598 g/mol. The number of aromatic amines is 1. The summed E-state index contributed by atoms with van der Waals surface area (Å²) in [5.41, 5.74) is 5.69. The van der Waals surface area contributed by atoms with Gasteiger partial charge in [-0.25, -0.2) is 9.37 Å². The van der Waals surface area contributed by atoms with Gasteiger partial charge in [0.05, 0.1) is 47.0 Å². The molecule has 10 nitrogen and oxygen atoms in total. The van der Waals surface area contributed by atoms with E-state index >= 15 is 4.39 Å². The maximum atomic E-state index is 15.2. The standard InChI is InChI=1S/C34H28FN9O/c1-21-10-30(35)29(33(45)42-26-12-23(24-15-40-43(4)19-24)11-25(14-26)34(2,3)20-36)13-22(21)7-8-28-18-37-32-31(6-5-9-44(28)32)41-27-16-38-39-17-27/h5-6,9-19,41H,1-4H3,(H,38,39)(H,42,45).